The Morgan fingerprint density at radius 3 is 2.59 bits per heavy atom. The van der Waals surface area contributed by atoms with Gasteiger partial charge in [0.1, 0.15) is 10.0 Å². The Balaban J connectivity index is 2.47. The molecular weight excluding hydrogens is 265 g/mol. The van der Waals surface area contributed by atoms with Gasteiger partial charge in [0.2, 0.25) is 5.95 Å². The van der Waals surface area contributed by atoms with Crippen molar-refractivity contribution in [1.82, 2.24) is 14.9 Å². The summed E-state index contributed by atoms with van der Waals surface area (Å²) in [6, 6.07) is 0. The Bertz CT molecular complexity index is 515. The highest BCUT2D eigenvalue weighted by Crippen LogP contribution is 2.63. The van der Waals surface area contributed by atoms with E-state index < -0.39 is 15.3 Å². The third-order valence-electron chi connectivity index (χ3n) is 3.01. The van der Waals surface area contributed by atoms with Crippen LogP contribution in [0.4, 0.5) is 5.95 Å². The fourth-order valence-corrected chi connectivity index (χ4v) is 2.39. The Morgan fingerprint density at radius 1 is 1.53 bits per heavy atom. The van der Waals surface area contributed by atoms with Crippen molar-refractivity contribution in [2.24, 2.45) is 0 Å². The van der Waals surface area contributed by atoms with Crippen LogP contribution in [0, 0.1) is 0 Å². The molecule has 94 valence electrons. The normalized spacial score (nSPS) is 25.6. The lowest BCUT2D eigenvalue weighted by atomic mass is 10.1. The van der Waals surface area contributed by atoms with Gasteiger partial charge >= 0.3 is 0 Å². The van der Waals surface area contributed by atoms with E-state index >= 15 is 0 Å². The Hall–Kier alpha value is -1.01. The number of nitrogens with two attached hydrogens (primary N) is 1. The van der Waals surface area contributed by atoms with Crippen molar-refractivity contribution in [2.75, 3.05) is 17.7 Å². The average molecular weight is 278 g/mol. The van der Waals surface area contributed by atoms with Crippen LogP contribution in [0.2, 0.25) is 0 Å². The zero-order valence-corrected chi connectivity index (χ0v) is 11.0. The molecule has 1 atom stereocenters. The molecule has 1 heterocycles. The molecule has 1 aromatic rings. The van der Waals surface area contributed by atoms with E-state index in [1.165, 1.54) is 0 Å². The number of aromatic nitrogens is 3. The molecule has 1 aliphatic carbocycles. The molecule has 0 radical (unpaired) electrons. The second kappa shape index (κ2) is 3.74. The van der Waals surface area contributed by atoms with Crippen LogP contribution in [0.3, 0.4) is 0 Å². The molecule has 8 heteroatoms. The summed E-state index contributed by atoms with van der Waals surface area (Å²) in [6.07, 6.45) is 0.466. The molecule has 0 unspecified atom stereocenters. The number of alkyl halides is 2. The van der Waals surface area contributed by atoms with Crippen molar-refractivity contribution in [2.45, 2.75) is 30.0 Å². The fraction of sp³-hybridized carbons (Fsp3) is 0.667. The first kappa shape index (κ1) is 12.4. The molecule has 0 spiro atoms. The van der Waals surface area contributed by atoms with E-state index in [0.29, 0.717) is 13.0 Å². The van der Waals surface area contributed by atoms with Crippen LogP contribution < -0.4 is 16.7 Å². The second-order valence-corrected chi connectivity index (χ2v) is 5.77. The maximum absolute atomic E-state index is 12.0. The highest BCUT2D eigenvalue weighted by atomic mass is 35.5. The average Bonchev–Trinajstić information content (AvgIpc) is 2.75. The lowest BCUT2D eigenvalue weighted by molar-refractivity contribution is 0.664. The largest absolute Gasteiger partial charge is 0.353 e. The second-order valence-electron chi connectivity index (χ2n) is 4.29. The van der Waals surface area contributed by atoms with Crippen molar-refractivity contribution in [3.63, 3.8) is 0 Å². The molecular formula is C9H13Cl2N5O. The van der Waals surface area contributed by atoms with Crippen molar-refractivity contribution in [1.29, 1.82) is 0 Å². The third-order valence-corrected chi connectivity index (χ3v) is 4.11. The number of anilines is 1. The smallest absolute Gasteiger partial charge is 0.296 e. The third kappa shape index (κ3) is 1.75. The molecule has 0 aromatic carbocycles. The first-order valence-corrected chi connectivity index (χ1v) is 5.96. The predicted molar refractivity (Wildman–Crippen MR) is 67.0 cm³/mol. The number of nitrogens with zero attached hydrogens (tertiary/aromatic N) is 3. The molecule has 3 N–H and O–H groups in total. The summed E-state index contributed by atoms with van der Waals surface area (Å²) in [5.41, 5.74) is -0.903. The molecule has 6 nitrogen and oxygen atoms in total. The molecule has 0 amide bonds. The van der Waals surface area contributed by atoms with Crippen LogP contribution in [0.1, 0.15) is 26.0 Å². The minimum Gasteiger partial charge on any atom is -0.353 e. The molecule has 0 aliphatic heterocycles. The lowest BCUT2D eigenvalue weighted by Gasteiger charge is -2.13. The zero-order valence-electron chi connectivity index (χ0n) is 9.50. The number of nitrogen functional groups attached to an aromatic ring is 1. The quantitative estimate of drug-likeness (QED) is 0.625. The van der Waals surface area contributed by atoms with E-state index in [2.05, 4.69) is 15.5 Å². The van der Waals surface area contributed by atoms with Crippen LogP contribution in [-0.2, 0) is 5.41 Å². The van der Waals surface area contributed by atoms with Crippen molar-refractivity contribution >= 4 is 29.2 Å². The predicted octanol–water partition coefficient (Wildman–Crippen LogP) is 0.619. The van der Waals surface area contributed by atoms with Gasteiger partial charge in [-0.1, -0.05) is 6.92 Å². The van der Waals surface area contributed by atoms with Crippen LogP contribution in [-0.4, -0.2) is 25.8 Å². The van der Waals surface area contributed by atoms with E-state index in [-0.39, 0.29) is 11.6 Å². The van der Waals surface area contributed by atoms with Crippen LogP contribution in [0.25, 0.3) is 0 Å². The van der Waals surface area contributed by atoms with E-state index in [1.54, 1.807) is 6.92 Å². The molecule has 1 fully saturated rings. The van der Waals surface area contributed by atoms with E-state index in [0.717, 1.165) is 4.68 Å². The molecule has 0 saturated heterocycles. The van der Waals surface area contributed by atoms with Gasteiger partial charge in [-0.25, -0.2) is 0 Å². The van der Waals surface area contributed by atoms with Gasteiger partial charge in [0.15, 0.2) is 0 Å². The first-order chi connectivity index (χ1) is 7.83. The summed E-state index contributed by atoms with van der Waals surface area (Å²) in [5.74, 6) is 5.86. The number of halogens is 2. The van der Waals surface area contributed by atoms with Crippen molar-refractivity contribution < 1.29 is 0 Å². The van der Waals surface area contributed by atoms with E-state index in [4.69, 9.17) is 29.0 Å². The minimum atomic E-state index is -0.965. The molecule has 2 rings (SSSR count). The summed E-state index contributed by atoms with van der Waals surface area (Å²) in [5, 5.41) is 10.6. The Kier molecular flexibility index (Phi) is 2.74. The summed E-state index contributed by atoms with van der Waals surface area (Å²) in [7, 11) is 0. The first-order valence-electron chi connectivity index (χ1n) is 5.20. The molecule has 0 bridgehead atoms. The Labute approximate surface area is 108 Å². The van der Waals surface area contributed by atoms with E-state index in [9.17, 15) is 4.79 Å². The van der Waals surface area contributed by atoms with Crippen molar-refractivity contribution in [3.05, 3.63) is 16.0 Å². The number of rotatable bonds is 3. The van der Waals surface area contributed by atoms with Gasteiger partial charge in [0.05, 0.1) is 5.41 Å². The summed E-state index contributed by atoms with van der Waals surface area (Å²) < 4.78 is -0.0349. The van der Waals surface area contributed by atoms with Crippen LogP contribution >= 0.6 is 23.2 Å². The molecule has 1 saturated carbocycles. The molecule has 17 heavy (non-hydrogen) atoms. The molecule has 1 aromatic heterocycles. The summed E-state index contributed by atoms with van der Waals surface area (Å²) >= 11 is 12.0. The van der Waals surface area contributed by atoms with Crippen molar-refractivity contribution in [3.8, 4) is 0 Å². The lowest BCUT2D eigenvalue weighted by Crippen LogP contribution is -2.37. The zero-order chi connectivity index (χ0) is 12.8. The van der Waals surface area contributed by atoms with Gasteiger partial charge in [0.25, 0.3) is 5.56 Å². The minimum absolute atomic E-state index is 0.201. The fourth-order valence-electron chi connectivity index (χ4n) is 1.68. The summed E-state index contributed by atoms with van der Waals surface area (Å²) in [6.45, 7) is 4.23. The van der Waals surface area contributed by atoms with Crippen LogP contribution in [0.5, 0.6) is 0 Å². The van der Waals surface area contributed by atoms with Gasteiger partial charge in [-0.2, -0.15) is 4.68 Å². The monoisotopic (exact) mass is 277 g/mol. The van der Waals surface area contributed by atoms with Gasteiger partial charge in [0, 0.05) is 6.54 Å². The topological polar surface area (TPSA) is 85.8 Å². The summed E-state index contributed by atoms with van der Waals surface area (Å²) in [4.78, 5) is 12.0. The van der Waals surface area contributed by atoms with Gasteiger partial charge in [-0.05, 0) is 13.3 Å². The van der Waals surface area contributed by atoms with E-state index in [1.807, 2.05) is 6.92 Å². The highest BCUT2D eigenvalue weighted by molar-refractivity contribution is 6.52. The maximum atomic E-state index is 12.0. The van der Waals surface area contributed by atoms with Crippen LogP contribution in [0.15, 0.2) is 4.79 Å². The van der Waals surface area contributed by atoms with Gasteiger partial charge < -0.3 is 11.2 Å². The maximum Gasteiger partial charge on any atom is 0.296 e. The number of hydrogen-bond acceptors (Lipinski definition) is 5. The van der Waals surface area contributed by atoms with Gasteiger partial charge in [-0.15, -0.1) is 33.4 Å². The van der Waals surface area contributed by atoms with Gasteiger partial charge in [-0.3, -0.25) is 4.79 Å². The highest BCUT2D eigenvalue weighted by Gasteiger charge is 2.66. The number of nitrogens with one attached hydrogen (secondary N) is 1. The SMILES string of the molecule is CCNc1nnc([C@]2(C)CC2(Cl)Cl)c(=O)n1N. The molecule has 1 aliphatic rings. The number of hydrogen-bond donors (Lipinski definition) is 2. The standard InChI is InChI=1S/C9H13Cl2N5O/c1-3-13-7-15-14-5(6(17)16(7)12)8(2)4-9(8,10)11/h3-4,12H2,1-2H3,(H,13,15)/t8-/m0/s1. The Morgan fingerprint density at radius 2 is 2.12 bits per heavy atom.